The summed E-state index contributed by atoms with van der Waals surface area (Å²) in [7, 11) is 1.97. The predicted molar refractivity (Wildman–Crippen MR) is 89.0 cm³/mol. The van der Waals surface area contributed by atoms with Gasteiger partial charge in [-0.05, 0) is 53.1 Å². The molecule has 0 unspecified atom stereocenters. The lowest BCUT2D eigenvalue weighted by atomic mass is 10.3. The Labute approximate surface area is 134 Å². The number of aromatic amines is 1. The molecule has 0 aliphatic rings. The maximum atomic E-state index is 5.45. The molecule has 0 fully saturated rings. The van der Waals surface area contributed by atoms with Crippen LogP contribution in [-0.2, 0) is 26.4 Å². The lowest BCUT2D eigenvalue weighted by molar-refractivity contribution is 0.666. The van der Waals surface area contributed by atoms with Gasteiger partial charge in [-0.2, -0.15) is 5.10 Å². The highest BCUT2D eigenvalue weighted by atomic mass is 79.9. The van der Waals surface area contributed by atoms with Gasteiger partial charge >= 0.3 is 0 Å². The highest BCUT2D eigenvalue weighted by Gasteiger charge is 2.14. The standard InChI is InChI=1S/C13H15BrN4S2/c1-3-9-11-12(17(2)16-9)18(13(19)15-11)7-6-8-4-5-10(14)20-8/h4-5H,3,6-7H2,1-2H3,(H,15,19). The molecule has 106 valence electrons. The third kappa shape index (κ3) is 2.38. The van der Waals surface area contributed by atoms with Gasteiger partial charge in [0.2, 0.25) is 0 Å². The van der Waals surface area contributed by atoms with Crippen LogP contribution in [0.15, 0.2) is 15.9 Å². The molecule has 0 amide bonds. The van der Waals surface area contributed by atoms with E-state index < -0.39 is 0 Å². The number of imidazole rings is 1. The number of rotatable bonds is 4. The Hall–Kier alpha value is -0.920. The molecular weight excluding hydrogens is 356 g/mol. The molecule has 20 heavy (non-hydrogen) atoms. The predicted octanol–water partition coefficient (Wildman–Crippen LogP) is 4.06. The Balaban J connectivity index is 1.96. The van der Waals surface area contributed by atoms with Crippen LogP contribution in [0.25, 0.3) is 11.2 Å². The highest BCUT2D eigenvalue weighted by Crippen LogP contribution is 2.24. The summed E-state index contributed by atoms with van der Waals surface area (Å²) in [6.45, 7) is 2.98. The van der Waals surface area contributed by atoms with E-state index in [0.29, 0.717) is 0 Å². The van der Waals surface area contributed by atoms with Crippen LogP contribution in [0.2, 0.25) is 0 Å². The third-order valence-corrected chi connectivity index (χ3v) is 5.37. The number of hydrogen-bond donors (Lipinski definition) is 1. The van der Waals surface area contributed by atoms with E-state index in [9.17, 15) is 0 Å². The Morgan fingerprint density at radius 3 is 2.90 bits per heavy atom. The highest BCUT2D eigenvalue weighted by molar-refractivity contribution is 9.11. The first-order chi connectivity index (χ1) is 9.60. The summed E-state index contributed by atoms with van der Waals surface area (Å²) >= 11 is 10.7. The van der Waals surface area contributed by atoms with Gasteiger partial charge in [-0.25, -0.2) is 0 Å². The Morgan fingerprint density at radius 1 is 1.45 bits per heavy atom. The normalized spacial score (nSPS) is 11.6. The molecule has 0 bridgehead atoms. The number of H-pyrrole nitrogens is 1. The number of aryl methyl sites for hydroxylation is 4. The summed E-state index contributed by atoms with van der Waals surface area (Å²) in [6.07, 6.45) is 1.88. The first kappa shape index (κ1) is 14.0. The first-order valence-corrected chi connectivity index (χ1v) is 8.50. The lowest BCUT2D eigenvalue weighted by Crippen LogP contribution is -2.04. The van der Waals surface area contributed by atoms with Crippen LogP contribution in [0.3, 0.4) is 0 Å². The van der Waals surface area contributed by atoms with Crippen molar-refractivity contribution in [3.63, 3.8) is 0 Å². The molecule has 0 aromatic carbocycles. The number of hydrogen-bond acceptors (Lipinski definition) is 3. The second-order valence-electron chi connectivity index (χ2n) is 4.66. The third-order valence-electron chi connectivity index (χ3n) is 3.37. The molecule has 1 N–H and O–H groups in total. The molecule has 4 nitrogen and oxygen atoms in total. The van der Waals surface area contributed by atoms with Crippen LogP contribution in [-0.4, -0.2) is 19.3 Å². The lowest BCUT2D eigenvalue weighted by Gasteiger charge is -2.03. The van der Waals surface area contributed by atoms with Gasteiger partial charge in [0.15, 0.2) is 10.4 Å². The molecule has 3 heterocycles. The smallest absolute Gasteiger partial charge is 0.179 e. The second kappa shape index (κ2) is 5.46. The number of nitrogens with one attached hydrogen (secondary N) is 1. The molecule has 0 aliphatic heterocycles. The summed E-state index contributed by atoms with van der Waals surface area (Å²) < 4.78 is 6.01. The van der Waals surface area contributed by atoms with Gasteiger partial charge in [0.25, 0.3) is 0 Å². The molecule has 0 aliphatic carbocycles. The van der Waals surface area contributed by atoms with E-state index >= 15 is 0 Å². The molecule has 0 atom stereocenters. The summed E-state index contributed by atoms with van der Waals surface area (Å²) in [4.78, 5) is 4.65. The Kier molecular flexibility index (Phi) is 3.83. The zero-order chi connectivity index (χ0) is 14.3. The van der Waals surface area contributed by atoms with Crippen LogP contribution >= 0.6 is 39.5 Å². The van der Waals surface area contributed by atoms with Crippen molar-refractivity contribution in [2.75, 3.05) is 0 Å². The Morgan fingerprint density at radius 2 is 2.25 bits per heavy atom. The quantitative estimate of drug-likeness (QED) is 0.703. The second-order valence-corrected chi connectivity index (χ2v) is 7.59. The number of halogens is 1. The number of thiophene rings is 1. The van der Waals surface area contributed by atoms with Gasteiger partial charge in [-0.15, -0.1) is 11.3 Å². The van der Waals surface area contributed by atoms with Crippen molar-refractivity contribution in [2.45, 2.75) is 26.3 Å². The van der Waals surface area contributed by atoms with E-state index in [1.807, 2.05) is 11.7 Å². The van der Waals surface area contributed by atoms with Crippen molar-refractivity contribution in [1.29, 1.82) is 0 Å². The topological polar surface area (TPSA) is 38.5 Å². The maximum Gasteiger partial charge on any atom is 0.179 e. The van der Waals surface area contributed by atoms with Crippen LogP contribution in [0.5, 0.6) is 0 Å². The zero-order valence-corrected chi connectivity index (χ0v) is 14.5. The minimum absolute atomic E-state index is 0.776. The fourth-order valence-corrected chi connectivity index (χ4v) is 4.19. The van der Waals surface area contributed by atoms with Gasteiger partial charge in [0, 0.05) is 18.5 Å². The van der Waals surface area contributed by atoms with E-state index in [-0.39, 0.29) is 0 Å². The molecule has 3 aromatic rings. The van der Waals surface area contributed by atoms with Crippen molar-refractivity contribution >= 4 is 50.6 Å². The van der Waals surface area contributed by atoms with Crippen LogP contribution < -0.4 is 0 Å². The number of nitrogens with zero attached hydrogens (tertiary/aromatic N) is 3. The number of aromatic nitrogens is 4. The minimum atomic E-state index is 0.776. The van der Waals surface area contributed by atoms with E-state index in [1.54, 1.807) is 11.3 Å². The van der Waals surface area contributed by atoms with E-state index in [2.05, 4.69) is 49.6 Å². The molecule has 3 rings (SSSR count). The van der Waals surface area contributed by atoms with E-state index in [4.69, 9.17) is 12.2 Å². The minimum Gasteiger partial charge on any atom is -0.328 e. The number of fused-ring (bicyclic) bond motifs is 1. The fourth-order valence-electron chi connectivity index (χ4n) is 2.44. The summed E-state index contributed by atoms with van der Waals surface area (Å²) in [5, 5.41) is 4.54. The van der Waals surface area contributed by atoms with Gasteiger partial charge < -0.3 is 9.55 Å². The molecule has 3 aromatic heterocycles. The average molecular weight is 371 g/mol. The van der Waals surface area contributed by atoms with Crippen molar-refractivity contribution in [3.8, 4) is 0 Å². The molecule has 0 spiro atoms. The summed E-state index contributed by atoms with van der Waals surface area (Å²) in [6, 6.07) is 4.24. The van der Waals surface area contributed by atoms with Crippen molar-refractivity contribution in [1.82, 2.24) is 19.3 Å². The van der Waals surface area contributed by atoms with Gasteiger partial charge in [-0.3, -0.25) is 4.68 Å². The van der Waals surface area contributed by atoms with Crippen molar-refractivity contribution < 1.29 is 0 Å². The van der Waals surface area contributed by atoms with Gasteiger partial charge in [0.1, 0.15) is 5.52 Å². The van der Waals surface area contributed by atoms with Gasteiger partial charge in [0.05, 0.1) is 9.48 Å². The first-order valence-electron chi connectivity index (χ1n) is 6.48. The van der Waals surface area contributed by atoms with Crippen molar-refractivity contribution in [2.24, 2.45) is 7.05 Å². The SMILES string of the molecule is CCc1nn(C)c2c1[nH]c(=S)n2CCc1ccc(Br)s1. The molecular formula is C13H15BrN4S2. The maximum absolute atomic E-state index is 5.45. The summed E-state index contributed by atoms with van der Waals surface area (Å²) in [5.41, 5.74) is 3.24. The largest absolute Gasteiger partial charge is 0.328 e. The van der Waals surface area contributed by atoms with E-state index in [1.165, 1.54) is 8.66 Å². The van der Waals surface area contributed by atoms with E-state index in [0.717, 1.165) is 41.0 Å². The molecule has 7 heteroatoms. The molecule has 0 saturated carbocycles. The fraction of sp³-hybridized carbons (Fsp3) is 0.385. The average Bonchev–Trinajstić information content (AvgIpc) is 3.04. The molecule has 0 saturated heterocycles. The molecule has 0 radical (unpaired) electrons. The monoisotopic (exact) mass is 370 g/mol. The van der Waals surface area contributed by atoms with Crippen LogP contribution in [0.1, 0.15) is 17.5 Å². The zero-order valence-electron chi connectivity index (χ0n) is 11.3. The van der Waals surface area contributed by atoms with Crippen molar-refractivity contribution in [3.05, 3.63) is 31.3 Å². The van der Waals surface area contributed by atoms with Crippen LogP contribution in [0.4, 0.5) is 0 Å². The van der Waals surface area contributed by atoms with Gasteiger partial charge in [-0.1, -0.05) is 6.92 Å². The summed E-state index contributed by atoms with van der Waals surface area (Å²) in [5.74, 6) is 0. The Bertz CT molecular complexity index is 808. The van der Waals surface area contributed by atoms with Crippen LogP contribution in [0, 0.1) is 4.77 Å².